The minimum atomic E-state index is -2.79. The maximum atomic E-state index is 13.3. The van der Waals surface area contributed by atoms with Crippen molar-refractivity contribution >= 4 is 5.91 Å². The highest BCUT2D eigenvalue weighted by Gasteiger charge is 2.31. The molecule has 1 amide bonds. The Hall–Kier alpha value is -1.56. The number of hydrogen-bond acceptors (Lipinski definition) is 2. The Kier molecular flexibility index (Phi) is 6.04. The van der Waals surface area contributed by atoms with Crippen LogP contribution in [-0.4, -0.2) is 36.9 Å². The predicted octanol–water partition coefficient (Wildman–Crippen LogP) is 3.23. The third-order valence-electron chi connectivity index (χ3n) is 4.30. The molecule has 2 atom stereocenters. The van der Waals surface area contributed by atoms with Crippen LogP contribution in [-0.2, 0) is 4.79 Å². The van der Waals surface area contributed by atoms with Crippen LogP contribution in [0.15, 0.2) is 24.3 Å². The van der Waals surface area contributed by atoms with Gasteiger partial charge in [0.05, 0.1) is 5.92 Å². The van der Waals surface area contributed by atoms with E-state index in [-0.39, 0.29) is 17.4 Å². The molecule has 1 heterocycles. The molecule has 3 nitrogen and oxygen atoms in total. The number of halogens is 3. The summed E-state index contributed by atoms with van der Waals surface area (Å²) in [5, 5.41) is 2.41. The Morgan fingerprint density at radius 2 is 2.00 bits per heavy atom. The third kappa shape index (κ3) is 4.70. The fourth-order valence-electron chi connectivity index (χ4n) is 2.69. The number of hydrogen-bond donors (Lipinski definition) is 1. The van der Waals surface area contributed by atoms with Crippen LogP contribution in [0.1, 0.15) is 31.9 Å². The Labute approximate surface area is 134 Å². The van der Waals surface area contributed by atoms with Gasteiger partial charge < -0.3 is 10.2 Å². The van der Waals surface area contributed by atoms with Gasteiger partial charge in [-0.15, -0.1) is 0 Å². The smallest absolute Gasteiger partial charge is 0.262 e. The average molecular weight is 328 g/mol. The van der Waals surface area contributed by atoms with Gasteiger partial charge in [0.1, 0.15) is 11.9 Å². The number of nitrogens with one attached hydrogen (secondary N) is 1. The van der Waals surface area contributed by atoms with Gasteiger partial charge in [0.25, 0.3) is 6.43 Å². The highest BCUT2D eigenvalue weighted by molar-refractivity contribution is 5.79. The molecular weight excluding hydrogens is 305 g/mol. The van der Waals surface area contributed by atoms with Gasteiger partial charge in [-0.05, 0) is 43.1 Å². The molecule has 0 spiro atoms. The molecule has 1 aliphatic heterocycles. The van der Waals surface area contributed by atoms with E-state index in [1.54, 1.807) is 0 Å². The number of likely N-dealkylation sites (tertiary alicyclic amines) is 1. The van der Waals surface area contributed by atoms with E-state index in [0.29, 0.717) is 6.54 Å². The minimum absolute atomic E-state index is 0.0430. The number of rotatable bonds is 7. The largest absolute Gasteiger partial charge is 0.343 e. The second kappa shape index (κ2) is 7.81. The van der Waals surface area contributed by atoms with Crippen LogP contribution in [0.5, 0.6) is 0 Å². The average Bonchev–Trinajstić information content (AvgIpc) is 2.42. The molecule has 1 aromatic rings. The van der Waals surface area contributed by atoms with Gasteiger partial charge in [-0.1, -0.05) is 26.0 Å². The van der Waals surface area contributed by atoms with E-state index >= 15 is 0 Å². The SMILES string of the molecule is CC(C)[C@@H](CN1CCC1)C(=O)NC(c1cccc(F)c1)C(F)F. The van der Waals surface area contributed by atoms with Crippen molar-refractivity contribution in [2.75, 3.05) is 19.6 Å². The number of nitrogens with zero attached hydrogens (tertiary/aromatic N) is 1. The second-order valence-corrected chi connectivity index (χ2v) is 6.38. The van der Waals surface area contributed by atoms with Crippen molar-refractivity contribution in [2.24, 2.45) is 11.8 Å². The maximum Gasteiger partial charge on any atom is 0.262 e. The fraction of sp³-hybridized carbons (Fsp3) is 0.588. The zero-order valence-corrected chi connectivity index (χ0v) is 13.4. The standard InChI is InChI=1S/C17H23F3N2O/c1-11(2)14(10-22-7-4-8-22)17(23)21-15(16(19)20)12-5-3-6-13(18)9-12/h3,5-6,9,11,14-16H,4,7-8,10H2,1-2H3,(H,21,23)/t14-,15?/m1/s1. The Morgan fingerprint density at radius 3 is 2.48 bits per heavy atom. The zero-order chi connectivity index (χ0) is 17.0. The van der Waals surface area contributed by atoms with Crippen molar-refractivity contribution in [3.05, 3.63) is 35.6 Å². The van der Waals surface area contributed by atoms with Gasteiger partial charge in [0.2, 0.25) is 5.91 Å². The fourth-order valence-corrected chi connectivity index (χ4v) is 2.69. The monoisotopic (exact) mass is 328 g/mol. The quantitative estimate of drug-likeness (QED) is 0.833. The molecule has 1 unspecified atom stereocenters. The molecule has 0 aromatic heterocycles. The van der Waals surface area contributed by atoms with Gasteiger partial charge in [-0.3, -0.25) is 4.79 Å². The molecule has 0 aliphatic carbocycles. The molecule has 1 N–H and O–H groups in total. The molecule has 0 bridgehead atoms. The lowest BCUT2D eigenvalue weighted by atomic mass is 9.92. The van der Waals surface area contributed by atoms with E-state index in [2.05, 4.69) is 10.2 Å². The second-order valence-electron chi connectivity index (χ2n) is 6.38. The van der Waals surface area contributed by atoms with E-state index in [9.17, 15) is 18.0 Å². The first kappa shape index (κ1) is 17.8. The van der Waals surface area contributed by atoms with Crippen LogP contribution in [0.25, 0.3) is 0 Å². The number of carbonyl (C=O) groups excluding carboxylic acids is 1. The first-order valence-electron chi connectivity index (χ1n) is 7.95. The van der Waals surface area contributed by atoms with E-state index in [0.717, 1.165) is 25.6 Å². The summed E-state index contributed by atoms with van der Waals surface area (Å²) in [4.78, 5) is 14.6. The van der Waals surface area contributed by atoms with Crippen LogP contribution in [0, 0.1) is 17.7 Å². The van der Waals surface area contributed by atoms with Crippen molar-refractivity contribution in [1.29, 1.82) is 0 Å². The molecule has 1 saturated heterocycles. The van der Waals surface area contributed by atoms with Crippen LogP contribution < -0.4 is 5.32 Å². The summed E-state index contributed by atoms with van der Waals surface area (Å²) in [6.45, 7) is 6.27. The molecule has 1 fully saturated rings. The Bertz CT molecular complexity index is 532. The van der Waals surface area contributed by atoms with Crippen molar-refractivity contribution in [2.45, 2.75) is 32.7 Å². The van der Waals surface area contributed by atoms with Crippen LogP contribution >= 0.6 is 0 Å². The van der Waals surface area contributed by atoms with E-state index in [4.69, 9.17) is 0 Å². The van der Waals surface area contributed by atoms with E-state index in [1.165, 1.54) is 18.2 Å². The molecule has 1 aromatic carbocycles. The van der Waals surface area contributed by atoms with Crippen molar-refractivity contribution in [1.82, 2.24) is 10.2 Å². The summed E-state index contributed by atoms with van der Waals surface area (Å²) in [5.41, 5.74) is 0.0832. The topological polar surface area (TPSA) is 32.3 Å². The van der Waals surface area contributed by atoms with E-state index in [1.807, 2.05) is 13.8 Å². The van der Waals surface area contributed by atoms with Gasteiger partial charge in [-0.25, -0.2) is 13.2 Å². The lowest BCUT2D eigenvalue weighted by Crippen LogP contribution is -2.47. The third-order valence-corrected chi connectivity index (χ3v) is 4.30. The summed E-state index contributed by atoms with van der Waals surface area (Å²) in [6.07, 6.45) is -1.69. The lowest BCUT2D eigenvalue weighted by molar-refractivity contribution is -0.129. The highest BCUT2D eigenvalue weighted by Crippen LogP contribution is 2.24. The first-order chi connectivity index (χ1) is 10.9. The van der Waals surface area contributed by atoms with Gasteiger partial charge in [-0.2, -0.15) is 0 Å². The minimum Gasteiger partial charge on any atom is -0.343 e. The van der Waals surface area contributed by atoms with Crippen molar-refractivity contribution in [3.63, 3.8) is 0 Å². The van der Waals surface area contributed by atoms with E-state index < -0.39 is 24.2 Å². The Morgan fingerprint density at radius 1 is 1.30 bits per heavy atom. The summed E-state index contributed by atoms with van der Waals surface area (Å²) >= 11 is 0. The van der Waals surface area contributed by atoms with Crippen molar-refractivity contribution in [3.8, 4) is 0 Å². The molecule has 23 heavy (non-hydrogen) atoms. The molecule has 1 aliphatic rings. The summed E-state index contributed by atoms with van der Waals surface area (Å²) < 4.78 is 39.9. The molecular formula is C17H23F3N2O. The number of alkyl halides is 2. The highest BCUT2D eigenvalue weighted by atomic mass is 19.3. The number of benzene rings is 1. The molecule has 0 saturated carbocycles. The summed E-state index contributed by atoms with van der Waals surface area (Å²) in [5.74, 6) is -1.31. The van der Waals surface area contributed by atoms with Crippen LogP contribution in [0.2, 0.25) is 0 Å². The summed E-state index contributed by atoms with van der Waals surface area (Å²) in [7, 11) is 0. The number of amides is 1. The first-order valence-corrected chi connectivity index (χ1v) is 7.95. The Balaban J connectivity index is 2.09. The van der Waals surface area contributed by atoms with Gasteiger partial charge in [0.15, 0.2) is 0 Å². The van der Waals surface area contributed by atoms with Crippen LogP contribution in [0.3, 0.4) is 0 Å². The molecule has 2 rings (SSSR count). The molecule has 128 valence electrons. The number of carbonyl (C=O) groups is 1. The zero-order valence-electron chi connectivity index (χ0n) is 13.4. The normalized spacial score (nSPS) is 17.9. The molecule has 6 heteroatoms. The van der Waals surface area contributed by atoms with Crippen LogP contribution in [0.4, 0.5) is 13.2 Å². The molecule has 0 radical (unpaired) electrons. The van der Waals surface area contributed by atoms with Gasteiger partial charge in [0, 0.05) is 6.54 Å². The predicted molar refractivity (Wildman–Crippen MR) is 82.7 cm³/mol. The van der Waals surface area contributed by atoms with Gasteiger partial charge >= 0.3 is 0 Å². The lowest BCUT2D eigenvalue weighted by Gasteiger charge is -2.35. The maximum absolute atomic E-state index is 13.3. The summed E-state index contributed by atoms with van der Waals surface area (Å²) in [6, 6.07) is 3.51. The van der Waals surface area contributed by atoms with Crippen molar-refractivity contribution < 1.29 is 18.0 Å².